The maximum absolute atomic E-state index is 10.4. The van der Waals surface area contributed by atoms with Crippen LogP contribution in [0.3, 0.4) is 0 Å². The number of aliphatic hydroxyl groups excluding tert-OH is 1. The van der Waals surface area contributed by atoms with Crippen molar-refractivity contribution in [3.63, 3.8) is 0 Å². The predicted molar refractivity (Wildman–Crippen MR) is 57.6 cm³/mol. The smallest absolute Gasteiger partial charge is 0.307 e. The van der Waals surface area contributed by atoms with E-state index in [1.165, 1.54) is 0 Å². The lowest BCUT2D eigenvalue weighted by molar-refractivity contribution is -0.136. The molecule has 0 aliphatic rings. The molecule has 1 aromatic carbocycles. The second-order valence-electron chi connectivity index (χ2n) is 4.00. The molecule has 0 saturated heterocycles. The Morgan fingerprint density at radius 3 is 2.20 bits per heavy atom. The summed E-state index contributed by atoms with van der Waals surface area (Å²) in [5.41, 5.74) is 1.58. The Balaban J connectivity index is 2.76. The summed E-state index contributed by atoms with van der Waals surface area (Å²) >= 11 is 0. The molecule has 3 heteroatoms. The number of benzene rings is 1. The number of carbonyl (C=O) groups is 1. The molecule has 0 saturated carbocycles. The van der Waals surface area contributed by atoms with Gasteiger partial charge in [0, 0.05) is 0 Å². The van der Waals surface area contributed by atoms with Crippen molar-refractivity contribution in [3.8, 4) is 0 Å². The van der Waals surface area contributed by atoms with Gasteiger partial charge in [-0.25, -0.2) is 0 Å². The third-order valence-corrected chi connectivity index (χ3v) is 2.31. The maximum Gasteiger partial charge on any atom is 0.307 e. The summed E-state index contributed by atoms with van der Waals surface area (Å²) in [4.78, 5) is 10.4. The van der Waals surface area contributed by atoms with Gasteiger partial charge in [-0.1, -0.05) is 38.1 Å². The second-order valence-corrected chi connectivity index (χ2v) is 4.00. The molecule has 0 aliphatic carbocycles. The summed E-state index contributed by atoms with van der Waals surface area (Å²) in [6.07, 6.45) is -0.457. The summed E-state index contributed by atoms with van der Waals surface area (Å²) in [6, 6.07) is 7.05. The van der Waals surface area contributed by atoms with E-state index in [4.69, 9.17) is 5.11 Å². The standard InChI is InChI=1S/C12H16O3/c1-8(2)12(15)10-5-3-9(4-6-10)7-11(13)14/h3-6,8,12,15H,7H2,1-2H3,(H,13,14). The maximum atomic E-state index is 10.4. The van der Waals surface area contributed by atoms with Crippen LogP contribution in [-0.2, 0) is 11.2 Å². The van der Waals surface area contributed by atoms with Crippen LogP contribution in [0, 0.1) is 5.92 Å². The molecule has 2 N–H and O–H groups in total. The van der Waals surface area contributed by atoms with Crippen molar-refractivity contribution in [2.24, 2.45) is 5.92 Å². The lowest BCUT2D eigenvalue weighted by Gasteiger charge is -2.14. The number of carboxylic acids is 1. The van der Waals surface area contributed by atoms with Crippen molar-refractivity contribution < 1.29 is 15.0 Å². The lowest BCUT2D eigenvalue weighted by atomic mass is 9.98. The summed E-state index contributed by atoms with van der Waals surface area (Å²) in [5.74, 6) is -0.678. The highest BCUT2D eigenvalue weighted by molar-refractivity contribution is 5.70. The third-order valence-electron chi connectivity index (χ3n) is 2.31. The van der Waals surface area contributed by atoms with Crippen molar-refractivity contribution >= 4 is 5.97 Å². The number of aliphatic carboxylic acids is 1. The Morgan fingerprint density at radius 2 is 1.80 bits per heavy atom. The van der Waals surface area contributed by atoms with Crippen molar-refractivity contribution in [1.29, 1.82) is 0 Å². The van der Waals surface area contributed by atoms with Gasteiger partial charge in [-0.05, 0) is 17.0 Å². The minimum atomic E-state index is -0.841. The first kappa shape index (κ1) is 11.7. The van der Waals surface area contributed by atoms with Crippen LogP contribution in [0.15, 0.2) is 24.3 Å². The van der Waals surface area contributed by atoms with E-state index >= 15 is 0 Å². The molecule has 82 valence electrons. The highest BCUT2D eigenvalue weighted by Crippen LogP contribution is 2.21. The molecule has 1 unspecified atom stereocenters. The largest absolute Gasteiger partial charge is 0.481 e. The molecule has 15 heavy (non-hydrogen) atoms. The molecule has 0 fully saturated rings. The average Bonchev–Trinajstić information content (AvgIpc) is 2.17. The van der Waals surface area contributed by atoms with E-state index in [0.717, 1.165) is 11.1 Å². The van der Waals surface area contributed by atoms with Crippen LogP contribution in [0.4, 0.5) is 0 Å². The van der Waals surface area contributed by atoms with E-state index in [0.29, 0.717) is 0 Å². The van der Waals surface area contributed by atoms with Gasteiger partial charge in [-0.15, -0.1) is 0 Å². The lowest BCUT2D eigenvalue weighted by Crippen LogP contribution is -2.06. The minimum absolute atomic E-state index is 0.0258. The topological polar surface area (TPSA) is 57.5 Å². The van der Waals surface area contributed by atoms with Crippen LogP contribution >= 0.6 is 0 Å². The van der Waals surface area contributed by atoms with Crippen LogP contribution in [0.5, 0.6) is 0 Å². The number of hydrogen-bond acceptors (Lipinski definition) is 2. The Morgan fingerprint density at radius 1 is 1.27 bits per heavy atom. The van der Waals surface area contributed by atoms with Crippen molar-refractivity contribution in [3.05, 3.63) is 35.4 Å². The summed E-state index contributed by atoms with van der Waals surface area (Å²) in [6.45, 7) is 3.88. The van der Waals surface area contributed by atoms with Gasteiger partial charge < -0.3 is 10.2 Å². The second kappa shape index (κ2) is 4.94. The van der Waals surface area contributed by atoms with Crippen molar-refractivity contribution in [2.45, 2.75) is 26.4 Å². The van der Waals surface area contributed by atoms with Gasteiger partial charge in [0.1, 0.15) is 0 Å². The number of rotatable bonds is 4. The summed E-state index contributed by atoms with van der Waals surface area (Å²) in [5, 5.41) is 18.3. The van der Waals surface area contributed by atoms with Crippen LogP contribution in [0.1, 0.15) is 31.1 Å². The molecule has 0 radical (unpaired) electrons. The van der Waals surface area contributed by atoms with E-state index in [-0.39, 0.29) is 12.3 Å². The molecule has 1 rings (SSSR count). The van der Waals surface area contributed by atoms with Gasteiger partial charge in [0.25, 0.3) is 0 Å². The van der Waals surface area contributed by atoms with E-state index in [9.17, 15) is 9.90 Å². The molecule has 0 heterocycles. The van der Waals surface area contributed by atoms with Crippen LogP contribution in [0.25, 0.3) is 0 Å². The Kier molecular flexibility index (Phi) is 3.86. The van der Waals surface area contributed by atoms with Gasteiger partial charge in [0.15, 0.2) is 0 Å². The first-order chi connectivity index (χ1) is 7.00. The average molecular weight is 208 g/mol. The Bertz CT molecular complexity index is 327. The normalized spacial score (nSPS) is 12.8. The first-order valence-electron chi connectivity index (χ1n) is 4.99. The van der Waals surface area contributed by atoms with Gasteiger partial charge in [-0.2, -0.15) is 0 Å². The highest BCUT2D eigenvalue weighted by Gasteiger charge is 2.11. The molecule has 0 amide bonds. The van der Waals surface area contributed by atoms with E-state index in [1.807, 2.05) is 13.8 Å². The summed E-state index contributed by atoms with van der Waals surface area (Å²) in [7, 11) is 0. The van der Waals surface area contributed by atoms with Gasteiger partial charge in [0.2, 0.25) is 0 Å². The van der Waals surface area contributed by atoms with Crippen molar-refractivity contribution in [2.75, 3.05) is 0 Å². The summed E-state index contributed by atoms with van der Waals surface area (Å²) < 4.78 is 0. The number of hydrogen-bond donors (Lipinski definition) is 2. The monoisotopic (exact) mass is 208 g/mol. The predicted octanol–water partition coefficient (Wildman–Crippen LogP) is 2.00. The van der Waals surface area contributed by atoms with Crippen LogP contribution < -0.4 is 0 Å². The third kappa shape index (κ3) is 3.36. The van der Waals surface area contributed by atoms with Gasteiger partial charge in [0.05, 0.1) is 12.5 Å². The van der Waals surface area contributed by atoms with E-state index < -0.39 is 12.1 Å². The fourth-order valence-corrected chi connectivity index (χ4v) is 1.39. The molecule has 0 aromatic heterocycles. The zero-order valence-electron chi connectivity index (χ0n) is 8.97. The SMILES string of the molecule is CC(C)C(O)c1ccc(CC(=O)O)cc1. The molecule has 1 atom stereocenters. The minimum Gasteiger partial charge on any atom is -0.481 e. The van der Waals surface area contributed by atoms with Crippen molar-refractivity contribution in [1.82, 2.24) is 0 Å². The fourth-order valence-electron chi connectivity index (χ4n) is 1.39. The molecule has 0 spiro atoms. The van der Waals surface area contributed by atoms with Gasteiger partial charge in [-0.3, -0.25) is 4.79 Å². The molecule has 1 aromatic rings. The van der Waals surface area contributed by atoms with Crippen LogP contribution in [0.2, 0.25) is 0 Å². The number of aliphatic hydroxyl groups is 1. The van der Waals surface area contributed by atoms with E-state index in [2.05, 4.69) is 0 Å². The van der Waals surface area contributed by atoms with E-state index in [1.54, 1.807) is 24.3 Å². The molecule has 0 bridgehead atoms. The molecular formula is C12H16O3. The number of carboxylic acid groups (broad SMARTS) is 1. The zero-order valence-corrected chi connectivity index (χ0v) is 8.97. The Hall–Kier alpha value is -1.35. The molecular weight excluding hydrogens is 192 g/mol. The quantitative estimate of drug-likeness (QED) is 0.795. The Labute approximate surface area is 89.4 Å². The van der Waals surface area contributed by atoms with Crippen LogP contribution in [-0.4, -0.2) is 16.2 Å². The molecule has 3 nitrogen and oxygen atoms in total. The zero-order chi connectivity index (χ0) is 11.4. The molecule has 0 aliphatic heterocycles. The van der Waals surface area contributed by atoms with Gasteiger partial charge >= 0.3 is 5.97 Å². The first-order valence-corrected chi connectivity index (χ1v) is 4.99. The highest BCUT2D eigenvalue weighted by atomic mass is 16.4. The fraction of sp³-hybridized carbons (Fsp3) is 0.417.